The molecular weight excluding hydrogens is 316 g/mol. The molecule has 0 saturated heterocycles. The number of ether oxygens (including phenoxy) is 2. The minimum absolute atomic E-state index is 0.223. The quantitative estimate of drug-likeness (QED) is 0.518. The van der Waals surface area contributed by atoms with Gasteiger partial charge in [0.25, 0.3) is 0 Å². The van der Waals surface area contributed by atoms with E-state index in [1.54, 1.807) is 18.2 Å². The van der Waals surface area contributed by atoms with E-state index in [9.17, 15) is 4.79 Å². The van der Waals surface area contributed by atoms with Crippen LogP contribution >= 0.6 is 28.6 Å². The molecule has 0 aliphatic heterocycles. The zero-order valence-corrected chi connectivity index (χ0v) is 13.2. The van der Waals surface area contributed by atoms with Crippen LogP contribution in [-0.4, -0.2) is 24.8 Å². The van der Waals surface area contributed by atoms with Crippen LogP contribution in [0.15, 0.2) is 27.6 Å². The van der Waals surface area contributed by atoms with Crippen LogP contribution < -0.4 is 0 Å². The van der Waals surface area contributed by atoms with E-state index in [1.807, 2.05) is 20.8 Å². The Balaban J connectivity index is 2.46. The first-order valence-electron chi connectivity index (χ1n) is 5.59. The van der Waals surface area contributed by atoms with Crippen LogP contribution in [-0.2, 0) is 9.47 Å². The fraction of sp³-hybridized carbons (Fsp3) is 0.462. The molecular formula is C13H17BrO3S. The molecule has 0 fully saturated rings. The molecule has 0 atom stereocenters. The fourth-order valence-electron chi connectivity index (χ4n) is 1.24. The minimum atomic E-state index is -0.384. The van der Waals surface area contributed by atoms with E-state index in [0.717, 1.165) is 4.47 Å². The van der Waals surface area contributed by atoms with Gasteiger partial charge in [-0.05, 0) is 39.0 Å². The molecule has 0 saturated carbocycles. The van der Waals surface area contributed by atoms with Crippen LogP contribution in [0, 0.1) is 0 Å². The molecule has 0 aliphatic carbocycles. The molecule has 100 valence electrons. The number of carbonyl (C=O) groups excluding carboxylic acids is 1. The second-order valence-corrected chi connectivity index (χ2v) is 6.16. The number of benzene rings is 1. The van der Waals surface area contributed by atoms with E-state index in [1.165, 1.54) is 0 Å². The third-order valence-electron chi connectivity index (χ3n) is 2.03. The monoisotopic (exact) mass is 332 g/mol. The Labute approximate surface area is 121 Å². The van der Waals surface area contributed by atoms with E-state index in [4.69, 9.17) is 9.47 Å². The van der Waals surface area contributed by atoms with E-state index in [0.29, 0.717) is 17.1 Å². The van der Waals surface area contributed by atoms with Crippen molar-refractivity contribution in [2.45, 2.75) is 31.3 Å². The summed E-state index contributed by atoms with van der Waals surface area (Å²) in [5.74, 6) is -0.384. The molecule has 0 aliphatic rings. The third-order valence-corrected chi connectivity index (χ3v) is 2.89. The summed E-state index contributed by atoms with van der Waals surface area (Å²) < 4.78 is 11.5. The van der Waals surface area contributed by atoms with Crippen molar-refractivity contribution in [1.82, 2.24) is 0 Å². The Bertz CT molecular complexity index is 427. The molecule has 1 rings (SSSR count). The summed E-state index contributed by atoms with van der Waals surface area (Å²) in [5, 5.41) is 0. The molecule has 0 spiro atoms. The smallest absolute Gasteiger partial charge is 0.339 e. The van der Waals surface area contributed by atoms with Gasteiger partial charge in [-0.15, -0.1) is 12.6 Å². The lowest BCUT2D eigenvalue weighted by molar-refractivity contribution is -0.0282. The van der Waals surface area contributed by atoms with Crippen molar-refractivity contribution in [2.75, 3.05) is 13.2 Å². The van der Waals surface area contributed by atoms with E-state index in [2.05, 4.69) is 28.6 Å². The molecule has 0 bridgehead atoms. The predicted octanol–water partition coefficient (Wildman–Crippen LogP) is 3.71. The minimum Gasteiger partial charge on any atom is -0.460 e. The van der Waals surface area contributed by atoms with Crippen molar-refractivity contribution in [3.8, 4) is 0 Å². The van der Waals surface area contributed by atoms with Gasteiger partial charge in [-0.1, -0.05) is 15.9 Å². The summed E-state index contributed by atoms with van der Waals surface area (Å²) in [7, 11) is 0. The number of esters is 1. The maximum absolute atomic E-state index is 11.8. The second kappa shape index (κ2) is 6.59. The van der Waals surface area contributed by atoms with Crippen molar-refractivity contribution in [3.63, 3.8) is 0 Å². The number of halogens is 1. The highest BCUT2D eigenvalue weighted by Gasteiger charge is 2.13. The first-order chi connectivity index (χ1) is 8.29. The van der Waals surface area contributed by atoms with Gasteiger partial charge < -0.3 is 9.47 Å². The fourth-order valence-corrected chi connectivity index (χ4v) is 2.08. The van der Waals surface area contributed by atoms with Crippen LogP contribution in [0.3, 0.4) is 0 Å². The lowest BCUT2D eigenvalue weighted by atomic mass is 10.2. The largest absolute Gasteiger partial charge is 0.460 e. The lowest BCUT2D eigenvalue weighted by Crippen LogP contribution is -2.22. The Morgan fingerprint density at radius 3 is 2.56 bits per heavy atom. The van der Waals surface area contributed by atoms with Gasteiger partial charge in [0.1, 0.15) is 6.61 Å². The zero-order valence-electron chi connectivity index (χ0n) is 10.7. The standard InChI is InChI=1S/C13H17BrO3S/c1-13(2,3)17-7-6-16-12(15)10-5-4-9(14)8-11(10)18/h4-5,8,18H,6-7H2,1-3H3. The summed E-state index contributed by atoms with van der Waals surface area (Å²) in [6.45, 7) is 6.48. The zero-order chi connectivity index (χ0) is 13.8. The van der Waals surface area contributed by atoms with Crippen molar-refractivity contribution in [1.29, 1.82) is 0 Å². The van der Waals surface area contributed by atoms with Crippen molar-refractivity contribution >= 4 is 34.5 Å². The van der Waals surface area contributed by atoms with Crippen LogP contribution in [0.2, 0.25) is 0 Å². The molecule has 0 aromatic heterocycles. The normalized spacial score (nSPS) is 11.4. The maximum atomic E-state index is 11.8. The first-order valence-corrected chi connectivity index (χ1v) is 6.83. The summed E-state index contributed by atoms with van der Waals surface area (Å²) in [6.07, 6.45) is 0. The van der Waals surface area contributed by atoms with Gasteiger partial charge in [-0.2, -0.15) is 0 Å². The lowest BCUT2D eigenvalue weighted by Gasteiger charge is -2.19. The Morgan fingerprint density at radius 1 is 1.33 bits per heavy atom. The molecule has 1 aromatic rings. The van der Waals surface area contributed by atoms with E-state index < -0.39 is 0 Å². The highest BCUT2D eigenvalue weighted by atomic mass is 79.9. The SMILES string of the molecule is CC(C)(C)OCCOC(=O)c1ccc(Br)cc1S. The maximum Gasteiger partial charge on any atom is 0.339 e. The average Bonchev–Trinajstić information content (AvgIpc) is 2.22. The van der Waals surface area contributed by atoms with Crippen molar-refractivity contribution < 1.29 is 14.3 Å². The summed E-state index contributed by atoms with van der Waals surface area (Å²) in [5.41, 5.74) is 0.232. The Morgan fingerprint density at radius 2 is 2.00 bits per heavy atom. The molecule has 0 radical (unpaired) electrons. The van der Waals surface area contributed by atoms with Crippen molar-refractivity contribution in [2.24, 2.45) is 0 Å². The number of thiol groups is 1. The van der Waals surface area contributed by atoms with E-state index in [-0.39, 0.29) is 18.2 Å². The van der Waals surface area contributed by atoms with E-state index >= 15 is 0 Å². The Hall–Kier alpha value is -0.520. The molecule has 3 nitrogen and oxygen atoms in total. The topological polar surface area (TPSA) is 35.5 Å². The number of rotatable bonds is 4. The summed E-state index contributed by atoms with van der Waals surface area (Å²) in [6, 6.07) is 5.21. The van der Waals surface area contributed by atoms with Crippen LogP contribution in [0.1, 0.15) is 31.1 Å². The summed E-state index contributed by atoms with van der Waals surface area (Å²) in [4.78, 5) is 12.3. The van der Waals surface area contributed by atoms with Crippen LogP contribution in [0.4, 0.5) is 0 Å². The van der Waals surface area contributed by atoms with Crippen LogP contribution in [0.5, 0.6) is 0 Å². The van der Waals surface area contributed by atoms with Gasteiger partial charge in [0.05, 0.1) is 17.8 Å². The average molecular weight is 333 g/mol. The predicted molar refractivity (Wildman–Crippen MR) is 77.4 cm³/mol. The van der Waals surface area contributed by atoms with Crippen molar-refractivity contribution in [3.05, 3.63) is 28.2 Å². The third kappa shape index (κ3) is 5.42. The number of hydrogen-bond acceptors (Lipinski definition) is 4. The molecule has 1 aromatic carbocycles. The molecule has 0 heterocycles. The molecule has 18 heavy (non-hydrogen) atoms. The molecule has 0 N–H and O–H groups in total. The Kier molecular flexibility index (Phi) is 5.69. The van der Waals surface area contributed by atoms with Gasteiger partial charge in [-0.25, -0.2) is 4.79 Å². The number of hydrogen-bond donors (Lipinski definition) is 1. The second-order valence-electron chi connectivity index (χ2n) is 4.76. The van der Waals surface area contributed by atoms with Gasteiger partial charge >= 0.3 is 5.97 Å². The first kappa shape index (κ1) is 15.5. The summed E-state index contributed by atoms with van der Waals surface area (Å²) >= 11 is 7.55. The van der Waals surface area contributed by atoms with Gasteiger partial charge in [0.15, 0.2) is 0 Å². The van der Waals surface area contributed by atoms with Gasteiger partial charge in [-0.3, -0.25) is 0 Å². The molecule has 5 heteroatoms. The van der Waals surface area contributed by atoms with Gasteiger partial charge in [0, 0.05) is 9.37 Å². The highest BCUT2D eigenvalue weighted by Crippen LogP contribution is 2.20. The molecule has 0 unspecified atom stereocenters. The van der Waals surface area contributed by atoms with Crippen LogP contribution in [0.25, 0.3) is 0 Å². The van der Waals surface area contributed by atoms with Gasteiger partial charge in [0.2, 0.25) is 0 Å². The highest BCUT2D eigenvalue weighted by molar-refractivity contribution is 9.10. The number of carbonyl (C=O) groups is 1. The molecule has 0 amide bonds.